The van der Waals surface area contributed by atoms with Gasteiger partial charge in [0.1, 0.15) is 5.75 Å². The molecule has 1 spiro atoms. The van der Waals surface area contributed by atoms with Crippen molar-refractivity contribution >= 4 is 17.8 Å². The molecule has 2 saturated carbocycles. The Labute approximate surface area is 223 Å². The molecular weight excluding hydrogens is 482 g/mol. The number of hydrogen-bond acceptors (Lipinski definition) is 5. The van der Waals surface area contributed by atoms with Gasteiger partial charge >= 0.3 is 5.97 Å². The van der Waals surface area contributed by atoms with E-state index in [1.165, 1.54) is 6.42 Å². The van der Waals surface area contributed by atoms with Crippen LogP contribution in [-0.4, -0.2) is 35.5 Å². The summed E-state index contributed by atoms with van der Waals surface area (Å²) in [6, 6.07) is 8.02. The van der Waals surface area contributed by atoms with Crippen molar-refractivity contribution in [2.24, 2.45) is 11.8 Å². The molecule has 3 unspecified atom stereocenters. The number of carbonyl (C=O) groups excluding carboxylic acids is 2. The third-order valence-corrected chi connectivity index (χ3v) is 8.51. The second kappa shape index (κ2) is 11.0. The predicted molar refractivity (Wildman–Crippen MR) is 140 cm³/mol. The fourth-order valence-electron chi connectivity index (χ4n) is 6.26. The first-order valence-corrected chi connectivity index (χ1v) is 13.8. The smallest absolute Gasteiger partial charge is 0.303 e. The lowest BCUT2D eigenvalue weighted by Crippen LogP contribution is -2.36. The van der Waals surface area contributed by atoms with Crippen molar-refractivity contribution in [3.05, 3.63) is 52.7 Å². The number of nitrogens with zero attached hydrogens (tertiary/aromatic N) is 1. The molecule has 0 aromatic heterocycles. The molecule has 8 heteroatoms. The molecule has 2 fully saturated rings. The van der Waals surface area contributed by atoms with E-state index in [1.54, 1.807) is 12.1 Å². The quantitative estimate of drug-likeness (QED) is 0.465. The number of fused-ring (bicyclic) bond motifs is 2. The zero-order chi connectivity index (χ0) is 26.7. The molecule has 0 saturated heterocycles. The number of nitrogens with one attached hydrogen (secondary N) is 2. The van der Waals surface area contributed by atoms with Crippen LogP contribution in [0.25, 0.3) is 0 Å². The van der Waals surface area contributed by atoms with Crippen molar-refractivity contribution in [3.63, 3.8) is 0 Å². The number of benzene rings is 1. The molecule has 4 aliphatic rings. The van der Waals surface area contributed by atoms with Crippen molar-refractivity contribution in [2.45, 2.75) is 82.1 Å². The molecule has 5 rings (SSSR count). The van der Waals surface area contributed by atoms with Crippen LogP contribution in [0.5, 0.6) is 5.75 Å². The minimum absolute atomic E-state index is 0.0550. The van der Waals surface area contributed by atoms with Crippen molar-refractivity contribution in [1.82, 2.24) is 10.6 Å². The largest absolute Gasteiger partial charge is 0.493 e. The fraction of sp³-hybridized carbons (Fsp3) is 0.533. The van der Waals surface area contributed by atoms with E-state index >= 15 is 0 Å². The molecule has 2 amide bonds. The van der Waals surface area contributed by atoms with Crippen molar-refractivity contribution in [1.29, 1.82) is 5.26 Å². The third-order valence-electron chi connectivity index (χ3n) is 8.51. The number of hydrogen-bond donors (Lipinski definition) is 3. The maximum Gasteiger partial charge on any atom is 0.303 e. The van der Waals surface area contributed by atoms with Crippen LogP contribution in [0.2, 0.25) is 0 Å². The molecule has 0 bridgehead atoms. The SMILES string of the molecule is N#CC1C=C(NC(=O)C2CC23CCOc2ccc(C(=O)NC4CCCCC4)cc23)C(CCCC(=O)O)=CC1. The van der Waals surface area contributed by atoms with Crippen LogP contribution in [0.4, 0.5) is 0 Å². The summed E-state index contributed by atoms with van der Waals surface area (Å²) in [7, 11) is 0. The molecule has 200 valence electrons. The molecule has 1 aromatic carbocycles. The fourth-order valence-corrected chi connectivity index (χ4v) is 6.26. The first-order chi connectivity index (χ1) is 18.4. The molecule has 3 N–H and O–H groups in total. The van der Waals surface area contributed by atoms with Gasteiger partial charge in [-0.05, 0) is 74.8 Å². The summed E-state index contributed by atoms with van der Waals surface area (Å²) in [5, 5.41) is 24.7. The number of carboxylic acids is 1. The molecule has 38 heavy (non-hydrogen) atoms. The Morgan fingerprint density at radius 2 is 2.00 bits per heavy atom. The average molecular weight is 518 g/mol. The van der Waals surface area contributed by atoms with Crippen LogP contribution >= 0.6 is 0 Å². The van der Waals surface area contributed by atoms with E-state index in [0.717, 1.165) is 42.6 Å². The number of rotatable bonds is 8. The Morgan fingerprint density at radius 1 is 1.18 bits per heavy atom. The summed E-state index contributed by atoms with van der Waals surface area (Å²) in [4.78, 5) is 37.5. The lowest BCUT2D eigenvalue weighted by atomic mass is 9.86. The van der Waals surface area contributed by atoms with Crippen LogP contribution in [0.3, 0.4) is 0 Å². The van der Waals surface area contributed by atoms with Crippen molar-refractivity contribution < 1.29 is 24.2 Å². The zero-order valence-corrected chi connectivity index (χ0v) is 21.6. The van der Waals surface area contributed by atoms with Gasteiger partial charge in [-0.25, -0.2) is 0 Å². The Kier molecular flexibility index (Phi) is 7.55. The van der Waals surface area contributed by atoms with Gasteiger partial charge in [-0.1, -0.05) is 25.3 Å². The second-order valence-electron chi connectivity index (χ2n) is 11.0. The van der Waals surface area contributed by atoms with E-state index in [9.17, 15) is 19.6 Å². The number of aliphatic carboxylic acids is 1. The first-order valence-electron chi connectivity index (χ1n) is 13.8. The Balaban J connectivity index is 1.30. The third kappa shape index (κ3) is 5.47. The van der Waals surface area contributed by atoms with E-state index in [0.29, 0.717) is 50.0 Å². The first kappa shape index (κ1) is 26.0. The molecule has 3 aliphatic carbocycles. The van der Waals surface area contributed by atoms with Gasteiger partial charge in [0.2, 0.25) is 5.91 Å². The topological polar surface area (TPSA) is 129 Å². The number of amides is 2. The van der Waals surface area contributed by atoms with Crippen LogP contribution in [0, 0.1) is 23.2 Å². The lowest BCUT2D eigenvalue weighted by Gasteiger charge is -2.28. The second-order valence-corrected chi connectivity index (χ2v) is 11.0. The maximum atomic E-state index is 13.5. The highest BCUT2D eigenvalue weighted by Gasteiger charge is 2.61. The van der Waals surface area contributed by atoms with Crippen LogP contribution in [-0.2, 0) is 15.0 Å². The molecule has 1 heterocycles. The van der Waals surface area contributed by atoms with Crippen LogP contribution in [0.1, 0.15) is 86.6 Å². The van der Waals surface area contributed by atoms with Crippen molar-refractivity contribution in [3.8, 4) is 11.8 Å². The van der Waals surface area contributed by atoms with E-state index in [1.807, 2.05) is 18.2 Å². The highest BCUT2D eigenvalue weighted by molar-refractivity contribution is 5.95. The Hall–Kier alpha value is -3.60. The summed E-state index contributed by atoms with van der Waals surface area (Å²) >= 11 is 0. The minimum Gasteiger partial charge on any atom is -0.493 e. The summed E-state index contributed by atoms with van der Waals surface area (Å²) in [5.74, 6) is -0.884. The molecule has 1 aliphatic heterocycles. The lowest BCUT2D eigenvalue weighted by molar-refractivity contribution is -0.137. The van der Waals surface area contributed by atoms with E-state index in [-0.39, 0.29) is 41.5 Å². The van der Waals surface area contributed by atoms with Crippen molar-refractivity contribution in [2.75, 3.05) is 6.61 Å². The summed E-state index contributed by atoms with van der Waals surface area (Å²) < 4.78 is 5.90. The molecule has 0 radical (unpaired) electrons. The van der Waals surface area contributed by atoms with Gasteiger partial charge in [0.15, 0.2) is 0 Å². The number of carboxylic acid groups (broad SMARTS) is 1. The minimum atomic E-state index is -0.851. The van der Waals surface area contributed by atoms with Gasteiger partial charge in [0, 0.05) is 40.6 Å². The number of carbonyl (C=O) groups is 3. The predicted octanol–water partition coefficient (Wildman–Crippen LogP) is 4.51. The maximum absolute atomic E-state index is 13.5. The van der Waals surface area contributed by atoms with Gasteiger partial charge in [0.05, 0.1) is 18.6 Å². The van der Waals surface area contributed by atoms with Gasteiger partial charge in [-0.3, -0.25) is 14.4 Å². The van der Waals surface area contributed by atoms with Gasteiger partial charge in [0.25, 0.3) is 5.91 Å². The normalized spacial score (nSPS) is 26.2. The monoisotopic (exact) mass is 517 g/mol. The molecule has 8 nitrogen and oxygen atoms in total. The van der Waals surface area contributed by atoms with Gasteiger partial charge in [-0.2, -0.15) is 5.26 Å². The van der Waals surface area contributed by atoms with E-state index in [2.05, 4.69) is 16.7 Å². The molecule has 3 atom stereocenters. The van der Waals surface area contributed by atoms with Gasteiger partial charge < -0.3 is 20.5 Å². The standard InChI is InChI=1S/C30H35N3O5/c31-18-19-9-10-20(5-4-8-27(34)35)25(15-19)33-29(37)24-17-30(24)13-14-38-26-12-11-21(16-23(26)30)28(36)32-22-6-2-1-3-7-22/h10-12,15-16,19,22,24H,1-9,13-14,17H2,(H,32,36)(H,33,37)(H,34,35). The summed E-state index contributed by atoms with van der Waals surface area (Å²) in [6.07, 6.45) is 12.3. The van der Waals surface area contributed by atoms with E-state index in [4.69, 9.17) is 9.84 Å². The number of nitriles is 1. The Morgan fingerprint density at radius 3 is 2.76 bits per heavy atom. The molecular formula is C30H35N3O5. The average Bonchev–Trinajstić information content (AvgIpc) is 3.64. The van der Waals surface area contributed by atoms with Crippen LogP contribution in [0.15, 0.2) is 41.6 Å². The van der Waals surface area contributed by atoms with E-state index < -0.39 is 5.97 Å². The zero-order valence-electron chi connectivity index (χ0n) is 21.6. The highest BCUT2D eigenvalue weighted by atomic mass is 16.5. The Bertz CT molecular complexity index is 1220. The van der Waals surface area contributed by atoms with Crippen LogP contribution < -0.4 is 15.4 Å². The van der Waals surface area contributed by atoms with Gasteiger partial charge in [-0.15, -0.1) is 0 Å². The summed E-state index contributed by atoms with van der Waals surface area (Å²) in [5.41, 5.74) is 2.66. The highest BCUT2D eigenvalue weighted by Crippen LogP contribution is 2.61. The molecule has 1 aromatic rings. The number of ether oxygens (including phenoxy) is 1. The number of allylic oxidation sites excluding steroid dienone is 3. The summed E-state index contributed by atoms with van der Waals surface area (Å²) in [6.45, 7) is 0.518.